The van der Waals surface area contributed by atoms with E-state index in [-0.39, 0.29) is 11.4 Å². The van der Waals surface area contributed by atoms with Crippen LogP contribution in [0.25, 0.3) is 0 Å². The maximum Gasteiger partial charge on any atom is 0.404 e. The molecule has 0 aliphatic carbocycles. The van der Waals surface area contributed by atoms with Crippen LogP contribution in [0.3, 0.4) is 0 Å². The summed E-state index contributed by atoms with van der Waals surface area (Å²) in [6, 6.07) is 3.70. The third-order valence-corrected chi connectivity index (χ3v) is 2.89. The molecule has 0 amide bonds. The van der Waals surface area contributed by atoms with Crippen molar-refractivity contribution in [3.63, 3.8) is 0 Å². The molecule has 0 saturated heterocycles. The number of ether oxygens (including phenoxy) is 1. The molecule has 0 saturated carbocycles. The molecule has 0 heterocycles. The van der Waals surface area contributed by atoms with E-state index in [2.05, 4.69) is 15.9 Å². The number of aryl methyl sites for hydroxylation is 1. The second-order valence-electron chi connectivity index (χ2n) is 3.53. The first kappa shape index (κ1) is 14.7. The Labute approximate surface area is 109 Å². The van der Waals surface area contributed by atoms with Crippen molar-refractivity contribution in [2.45, 2.75) is 17.9 Å². The van der Waals surface area contributed by atoms with Gasteiger partial charge in [-0.15, -0.1) is 0 Å². The first-order valence-electron chi connectivity index (χ1n) is 4.80. The lowest BCUT2D eigenvalue weighted by molar-refractivity contribution is -0.384. The van der Waals surface area contributed by atoms with Gasteiger partial charge in [-0.25, -0.2) is 0 Å². The van der Waals surface area contributed by atoms with Gasteiger partial charge in [0.1, 0.15) is 17.2 Å². The van der Waals surface area contributed by atoms with Gasteiger partial charge in [0.05, 0.1) is 4.92 Å². The van der Waals surface area contributed by atoms with Crippen LogP contribution in [0.4, 0.5) is 18.9 Å². The molecule has 100 valence electrons. The molecule has 18 heavy (non-hydrogen) atoms. The van der Waals surface area contributed by atoms with Gasteiger partial charge in [0, 0.05) is 12.1 Å². The predicted octanol–water partition coefficient (Wildman–Crippen LogP) is 3.61. The number of nitro groups is 1. The standard InChI is InChI=1S/C10H9BrF3NO3/c1-6-4-7(15(16)17)2-3-8(6)18-5-9(11)10(12,13)14/h2-4,9H,5H2,1H3. The zero-order chi connectivity index (χ0) is 13.9. The van der Waals surface area contributed by atoms with Gasteiger partial charge in [0.2, 0.25) is 0 Å². The molecule has 1 aromatic rings. The summed E-state index contributed by atoms with van der Waals surface area (Å²) < 4.78 is 41.6. The first-order chi connectivity index (χ1) is 8.21. The number of nitro benzene ring substituents is 1. The Morgan fingerprint density at radius 1 is 1.50 bits per heavy atom. The molecule has 0 radical (unpaired) electrons. The fraction of sp³-hybridized carbons (Fsp3) is 0.400. The normalized spacial score (nSPS) is 13.2. The summed E-state index contributed by atoms with van der Waals surface area (Å²) in [7, 11) is 0. The Balaban J connectivity index is 2.72. The van der Waals surface area contributed by atoms with E-state index in [0.29, 0.717) is 5.56 Å². The van der Waals surface area contributed by atoms with E-state index in [1.807, 2.05) is 0 Å². The van der Waals surface area contributed by atoms with Crippen molar-refractivity contribution < 1.29 is 22.8 Å². The summed E-state index contributed by atoms with van der Waals surface area (Å²) in [4.78, 5) is 8.11. The summed E-state index contributed by atoms with van der Waals surface area (Å²) >= 11 is 2.46. The van der Waals surface area contributed by atoms with Crippen LogP contribution in [-0.4, -0.2) is 22.5 Å². The van der Waals surface area contributed by atoms with Crippen LogP contribution in [0.15, 0.2) is 18.2 Å². The maximum atomic E-state index is 12.2. The number of hydrogen-bond donors (Lipinski definition) is 0. The van der Waals surface area contributed by atoms with Crippen LogP contribution < -0.4 is 4.74 Å². The van der Waals surface area contributed by atoms with E-state index in [4.69, 9.17) is 4.74 Å². The zero-order valence-corrected chi connectivity index (χ0v) is 10.8. The Morgan fingerprint density at radius 3 is 2.56 bits per heavy atom. The highest BCUT2D eigenvalue weighted by molar-refractivity contribution is 9.09. The van der Waals surface area contributed by atoms with E-state index in [0.717, 1.165) is 0 Å². The molecule has 0 aliphatic rings. The van der Waals surface area contributed by atoms with E-state index in [1.54, 1.807) is 0 Å². The molecule has 0 bridgehead atoms. The first-order valence-corrected chi connectivity index (χ1v) is 5.72. The highest BCUT2D eigenvalue weighted by atomic mass is 79.9. The van der Waals surface area contributed by atoms with Gasteiger partial charge < -0.3 is 4.74 Å². The average molecular weight is 328 g/mol. The molecular weight excluding hydrogens is 319 g/mol. The van der Waals surface area contributed by atoms with Crippen LogP contribution in [0.1, 0.15) is 5.56 Å². The Kier molecular flexibility index (Phi) is 4.55. The lowest BCUT2D eigenvalue weighted by Crippen LogP contribution is -2.28. The quantitative estimate of drug-likeness (QED) is 0.482. The zero-order valence-electron chi connectivity index (χ0n) is 9.20. The second kappa shape index (κ2) is 5.55. The van der Waals surface area contributed by atoms with Gasteiger partial charge >= 0.3 is 6.18 Å². The van der Waals surface area contributed by atoms with Crippen molar-refractivity contribution in [2.24, 2.45) is 0 Å². The van der Waals surface area contributed by atoms with Crippen LogP contribution in [0.2, 0.25) is 0 Å². The minimum absolute atomic E-state index is 0.133. The third kappa shape index (κ3) is 3.86. The number of benzene rings is 1. The van der Waals surface area contributed by atoms with Gasteiger partial charge in [-0.2, -0.15) is 13.2 Å². The molecule has 0 fully saturated rings. The number of hydrogen-bond acceptors (Lipinski definition) is 3. The summed E-state index contributed by atoms with van der Waals surface area (Å²) in [5.41, 5.74) is 0.275. The van der Waals surface area contributed by atoms with Crippen molar-refractivity contribution in [1.82, 2.24) is 0 Å². The Bertz CT molecular complexity index is 450. The monoisotopic (exact) mass is 327 g/mol. The third-order valence-electron chi connectivity index (χ3n) is 2.11. The second-order valence-corrected chi connectivity index (χ2v) is 4.63. The van der Waals surface area contributed by atoms with E-state index >= 15 is 0 Å². The average Bonchev–Trinajstić information content (AvgIpc) is 2.25. The Morgan fingerprint density at radius 2 is 2.11 bits per heavy atom. The smallest absolute Gasteiger partial charge is 0.404 e. The SMILES string of the molecule is Cc1cc([N+](=O)[O-])ccc1OCC(Br)C(F)(F)F. The van der Waals surface area contributed by atoms with Gasteiger partial charge in [-0.3, -0.25) is 10.1 Å². The lowest BCUT2D eigenvalue weighted by Gasteiger charge is -2.15. The number of halogens is 4. The van der Waals surface area contributed by atoms with Crippen molar-refractivity contribution in [3.05, 3.63) is 33.9 Å². The summed E-state index contributed by atoms with van der Waals surface area (Å²) in [6.07, 6.45) is -4.39. The minimum atomic E-state index is -4.39. The summed E-state index contributed by atoms with van der Waals surface area (Å²) in [5, 5.41) is 10.5. The van der Waals surface area contributed by atoms with E-state index < -0.39 is 22.5 Å². The maximum absolute atomic E-state index is 12.2. The highest BCUT2D eigenvalue weighted by Gasteiger charge is 2.38. The summed E-state index contributed by atoms with van der Waals surface area (Å²) in [5.74, 6) is 0.189. The molecule has 1 unspecified atom stereocenters. The fourth-order valence-corrected chi connectivity index (χ4v) is 1.30. The molecule has 0 aliphatic heterocycles. The molecule has 0 spiro atoms. The van der Waals surface area contributed by atoms with Gasteiger partial charge in [0.15, 0.2) is 0 Å². The van der Waals surface area contributed by atoms with Gasteiger partial charge in [-0.05, 0) is 18.6 Å². The topological polar surface area (TPSA) is 52.4 Å². The minimum Gasteiger partial charge on any atom is -0.492 e. The van der Waals surface area contributed by atoms with Crippen LogP contribution >= 0.6 is 15.9 Å². The molecule has 4 nitrogen and oxygen atoms in total. The van der Waals surface area contributed by atoms with Crippen molar-refractivity contribution >= 4 is 21.6 Å². The van der Waals surface area contributed by atoms with E-state index in [9.17, 15) is 23.3 Å². The van der Waals surface area contributed by atoms with Crippen molar-refractivity contribution in [2.75, 3.05) is 6.61 Å². The molecular formula is C10H9BrF3NO3. The highest BCUT2D eigenvalue weighted by Crippen LogP contribution is 2.28. The molecule has 0 aromatic heterocycles. The van der Waals surface area contributed by atoms with Crippen LogP contribution in [-0.2, 0) is 0 Å². The van der Waals surface area contributed by atoms with Crippen LogP contribution in [0.5, 0.6) is 5.75 Å². The van der Waals surface area contributed by atoms with Crippen molar-refractivity contribution in [3.8, 4) is 5.75 Å². The predicted molar refractivity (Wildman–Crippen MR) is 62.1 cm³/mol. The van der Waals surface area contributed by atoms with Gasteiger partial charge in [0.25, 0.3) is 5.69 Å². The fourth-order valence-electron chi connectivity index (χ4n) is 1.17. The molecule has 1 aromatic carbocycles. The molecule has 0 N–H and O–H groups in total. The van der Waals surface area contributed by atoms with Gasteiger partial charge in [-0.1, -0.05) is 15.9 Å². The molecule has 8 heteroatoms. The number of non-ortho nitro benzene ring substituents is 1. The summed E-state index contributed by atoms with van der Waals surface area (Å²) in [6.45, 7) is 0.932. The molecule has 1 rings (SSSR count). The lowest BCUT2D eigenvalue weighted by atomic mass is 10.2. The number of rotatable bonds is 4. The van der Waals surface area contributed by atoms with E-state index in [1.165, 1.54) is 25.1 Å². The molecule has 1 atom stereocenters. The number of nitrogens with zero attached hydrogens (tertiary/aromatic N) is 1. The Hall–Kier alpha value is -1.31. The largest absolute Gasteiger partial charge is 0.492 e. The van der Waals surface area contributed by atoms with Crippen molar-refractivity contribution in [1.29, 1.82) is 0 Å². The van der Waals surface area contributed by atoms with Crippen LogP contribution in [0, 0.1) is 17.0 Å². The number of alkyl halides is 4.